The van der Waals surface area contributed by atoms with Gasteiger partial charge < -0.3 is 29.2 Å². The number of hydrogen-bond donors (Lipinski definition) is 2. The van der Waals surface area contributed by atoms with Gasteiger partial charge in [0.1, 0.15) is 23.7 Å². The molecule has 7 heteroatoms. The molecular weight excluding hydrogens is 400 g/mol. The molecule has 162 valence electrons. The average Bonchev–Trinajstić information content (AvgIpc) is 3.23. The number of hydrogen-bond acceptors (Lipinski definition) is 7. The van der Waals surface area contributed by atoms with E-state index >= 15 is 0 Å². The van der Waals surface area contributed by atoms with Crippen LogP contribution in [-0.4, -0.2) is 49.0 Å². The monoisotopic (exact) mass is 424 g/mol. The second-order valence-electron chi connectivity index (χ2n) is 8.15. The van der Waals surface area contributed by atoms with Gasteiger partial charge in [-0.2, -0.15) is 0 Å². The molecule has 2 aliphatic heterocycles. The van der Waals surface area contributed by atoms with Gasteiger partial charge in [-0.05, 0) is 48.2 Å². The molecule has 0 saturated heterocycles. The summed E-state index contributed by atoms with van der Waals surface area (Å²) in [6.07, 6.45) is 0.458. The molecule has 31 heavy (non-hydrogen) atoms. The SMILES string of the molecule is C=C(CO)C1Cc2c(ccc3c2OC2CCc4cc(OC)c(OC)cc4C2(O)C3=O)O1. The fourth-order valence-corrected chi connectivity index (χ4v) is 4.85. The molecule has 1 aliphatic carbocycles. The van der Waals surface area contributed by atoms with E-state index in [2.05, 4.69) is 6.58 Å². The van der Waals surface area contributed by atoms with E-state index in [9.17, 15) is 15.0 Å². The number of fused-ring (bicyclic) bond motifs is 6. The van der Waals surface area contributed by atoms with E-state index in [0.717, 1.165) is 11.1 Å². The third kappa shape index (κ3) is 2.70. The third-order valence-corrected chi connectivity index (χ3v) is 6.55. The van der Waals surface area contributed by atoms with Crippen molar-refractivity contribution < 1.29 is 34.0 Å². The van der Waals surface area contributed by atoms with Gasteiger partial charge in [0.25, 0.3) is 0 Å². The lowest BCUT2D eigenvalue weighted by atomic mass is 9.71. The number of carbonyl (C=O) groups is 1. The number of aryl methyl sites for hydroxylation is 1. The van der Waals surface area contributed by atoms with E-state index in [1.807, 2.05) is 6.07 Å². The molecule has 7 nitrogen and oxygen atoms in total. The molecule has 3 aliphatic rings. The molecule has 0 fully saturated rings. The lowest BCUT2D eigenvalue weighted by molar-refractivity contribution is -0.0604. The normalized spacial score (nSPS) is 25.4. The minimum Gasteiger partial charge on any atom is -0.493 e. The van der Waals surface area contributed by atoms with E-state index in [-0.39, 0.29) is 12.7 Å². The van der Waals surface area contributed by atoms with Crippen LogP contribution in [0, 0.1) is 0 Å². The van der Waals surface area contributed by atoms with Gasteiger partial charge in [-0.3, -0.25) is 4.79 Å². The Morgan fingerprint density at radius 1 is 1.23 bits per heavy atom. The maximum Gasteiger partial charge on any atom is 0.206 e. The van der Waals surface area contributed by atoms with E-state index in [1.54, 1.807) is 25.3 Å². The number of ether oxygens (including phenoxy) is 4. The van der Waals surface area contributed by atoms with Crippen LogP contribution >= 0.6 is 0 Å². The first-order chi connectivity index (χ1) is 14.9. The van der Waals surface area contributed by atoms with Crippen molar-refractivity contribution in [1.82, 2.24) is 0 Å². The van der Waals surface area contributed by atoms with Gasteiger partial charge in [0.15, 0.2) is 17.1 Å². The zero-order valence-electron chi connectivity index (χ0n) is 17.4. The molecule has 0 spiro atoms. The van der Waals surface area contributed by atoms with E-state index in [1.165, 1.54) is 7.11 Å². The molecule has 2 aromatic carbocycles. The number of benzene rings is 2. The highest BCUT2D eigenvalue weighted by Crippen LogP contribution is 2.51. The summed E-state index contributed by atoms with van der Waals surface area (Å²) >= 11 is 0. The van der Waals surface area contributed by atoms with Gasteiger partial charge in [-0.25, -0.2) is 0 Å². The summed E-state index contributed by atoms with van der Waals surface area (Å²) < 4.78 is 23.0. The van der Waals surface area contributed by atoms with Gasteiger partial charge in [0.05, 0.1) is 26.4 Å². The molecule has 2 N–H and O–H groups in total. The predicted octanol–water partition coefficient (Wildman–Crippen LogP) is 2.33. The lowest BCUT2D eigenvalue weighted by Gasteiger charge is -2.44. The summed E-state index contributed by atoms with van der Waals surface area (Å²) in [7, 11) is 3.07. The summed E-state index contributed by atoms with van der Waals surface area (Å²) in [5, 5.41) is 21.1. The smallest absolute Gasteiger partial charge is 0.206 e. The molecule has 0 bridgehead atoms. The standard InChI is InChI=1S/C24H24O7/c1-12(11-25)18-9-15-17(30-18)6-5-14-22(15)31-21-7-4-13-8-19(28-2)20(29-3)10-16(13)24(21,27)23(14)26/h5-6,8,10,18,21,25,27H,1,4,7,9,11H2,2-3H3. The topological polar surface area (TPSA) is 94.5 Å². The fraction of sp³-hybridized carbons (Fsp3) is 0.375. The van der Waals surface area contributed by atoms with Crippen molar-refractivity contribution in [2.24, 2.45) is 0 Å². The summed E-state index contributed by atoms with van der Waals surface area (Å²) in [6, 6.07) is 6.82. The number of methoxy groups -OCH3 is 2. The Labute approximate surface area is 179 Å². The Bertz CT molecular complexity index is 1110. The number of rotatable bonds is 4. The summed E-state index contributed by atoms with van der Waals surface area (Å²) in [5.41, 5.74) is 1.16. The van der Waals surface area contributed by atoms with E-state index < -0.39 is 17.5 Å². The second-order valence-corrected chi connectivity index (χ2v) is 8.15. The maximum absolute atomic E-state index is 13.7. The van der Waals surface area contributed by atoms with Gasteiger partial charge in [-0.15, -0.1) is 0 Å². The molecule has 3 unspecified atom stereocenters. The highest BCUT2D eigenvalue weighted by molar-refractivity contribution is 6.07. The molecule has 2 heterocycles. The highest BCUT2D eigenvalue weighted by atomic mass is 16.5. The molecule has 3 atom stereocenters. The molecular formula is C24H24O7. The van der Waals surface area contributed by atoms with Crippen LogP contribution in [0.15, 0.2) is 36.4 Å². The van der Waals surface area contributed by atoms with Crippen LogP contribution in [0.2, 0.25) is 0 Å². The van der Waals surface area contributed by atoms with Crippen LogP contribution in [0.3, 0.4) is 0 Å². The Morgan fingerprint density at radius 2 is 1.97 bits per heavy atom. The largest absolute Gasteiger partial charge is 0.493 e. The Kier molecular flexibility index (Phi) is 4.50. The van der Waals surface area contributed by atoms with E-state index in [0.29, 0.717) is 59.0 Å². The molecule has 0 saturated carbocycles. The fourth-order valence-electron chi connectivity index (χ4n) is 4.85. The van der Waals surface area contributed by atoms with Gasteiger partial charge in [-0.1, -0.05) is 6.58 Å². The number of aliphatic hydroxyl groups excluding tert-OH is 1. The lowest BCUT2D eigenvalue weighted by Crippen LogP contribution is -2.55. The van der Waals surface area contributed by atoms with Crippen molar-refractivity contribution in [2.45, 2.75) is 37.1 Å². The minimum atomic E-state index is -1.82. The summed E-state index contributed by atoms with van der Waals surface area (Å²) in [4.78, 5) is 13.7. The van der Waals surface area contributed by atoms with Crippen molar-refractivity contribution in [3.63, 3.8) is 0 Å². The zero-order chi connectivity index (χ0) is 21.9. The first-order valence-electron chi connectivity index (χ1n) is 10.2. The third-order valence-electron chi connectivity index (χ3n) is 6.55. The number of ketones is 1. The maximum atomic E-state index is 13.7. The van der Waals surface area contributed by atoms with Crippen molar-refractivity contribution in [1.29, 1.82) is 0 Å². The zero-order valence-corrected chi connectivity index (χ0v) is 17.4. The first kappa shape index (κ1) is 19.9. The van der Waals surface area contributed by atoms with Crippen LogP contribution in [0.1, 0.15) is 33.5 Å². The Morgan fingerprint density at radius 3 is 2.68 bits per heavy atom. The van der Waals surface area contributed by atoms with Crippen LogP contribution < -0.4 is 18.9 Å². The van der Waals surface area contributed by atoms with Crippen molar-refractivity contribution >= 4 is 5.78 Å². The van der Waals surface area contributed by atoms with Crippen LogP contribution in [0.4, 0.5) is 0 Å². The van der Waals surface area contributed by atoms with Gasteiger partial charge in [0, 0.05) is 17.5 Å². The Balaban J connectivity index is 1.61. The van der Waals surface area contributed by atoms with Crippen LogP contribution in [0.25, 0.3) is 0 Å². The van der Waals surface area contributed by atoms with E-state index in [4.69, 9.17) is 18.9 Å². The van der Waals surface area contributed by atoms with Crippen LogP contribution in [0.5, 0.6) is 23.0 Å². The minimum absolute atomic E-state index is 0.176. The highest BCUT2D eigenvalue weighted by Gasteiger charge is 2.55. The number of carbonyl (C=O) groups excluding carboxylic acids is 1. The van der Waals surface area contributed by atoms with Gasteiger partial charge >= 0.3 is 0 Å². The summed E-state index contributed by atoms with van der Waals surface area (Å²) in [5.74, 6) is 1.66. The molecule has 5 rings (SSSR count). The molecule has 0 radical (unpaired) electrons. The number of Topliss-reactive ketones (excluding diaryl/α,β-unsaturated/α-hetero) is 1. The first-order valence-corrected chi connectivity index (χ1v) is 10.2. The molecule has 0 amide bonds. The summed E-state index contributed by atoms with van der Waals surface area (Å²) in [6.45, 7) is 3.68. The number of aliphatic hydroxyl groups is 2. The Hall–Kier alpha value is -3.03. The molecule has 0 aromatic heterocycles. The molecule has 2 aromatic rings. The van der Waals surface area contributed by atoms with Gasteiger partial charge in [0.2, 0.25) is 5.78 Å². The second kappa shape index (κ2) is 7.00. The van der Waals surface area contributed by atoms with Crippen molar-refractivity contribution in [2.75, 3.05) is 20.8 Å². The van der Waals surface area contributed by atoms with Crippen LogP contribution in [-0.2, 0) is 18.4 Å². The average molecular weight is 424 g/mol. The quantitative estimate of drug-likeness (QED) is 0.728. The van der Waals surface area contributed by atoms with Crippen molar-refractivity contribution in [3.05, 3.63) is 58.7 Å². The van der Waals surface area contributed by atoms with Crippen molar-refractivity contribution in [3.8, 4) is 23.0 Å². The predicted molar refractivity (Wildman–Crippen MR) is 111 cm³/mol.